The molecule has 1 N–H and O–H groups in total. The lowest BCUT2D eigenvalue weighted by Gasteiger charge is -2.26. The van der Waals surface area contributed by atoms with Gasteiger partial charge in [-0.25, -0.2) is 4.39 Å². The van der Waals surface area contributed by atoms with E-state index < -0.39 is 17.6 Å². The molecule has 2 nitrogen and oxygen atoms in total. The molecule has 0 atom stereocenters. The molecule has 1 aromatic carbocycles. The minimum Gasteiger partial charge on any atom is -0.376 e. The first kappa shape index (κ1) is 13.3. The van der Waals surface area contributed by atoms with Crippen LogP contribution in [0.25, 0.3) is 0 Å². The Bertz CT molecular complexity index is 415. The molecule has 0 amide bonds. The van der Waals surface area contributed by atoms with E-state index in [9.17, 15) is 17.6 Å². The number of hydrogen-bond acceptors (Lipinski definition) is 2. The van der Waals surface area contributed by atoms with Crippen LogP contribution in [-0.2, 0) is 17.5 Å². The molecule has 0 bridgehead atoms. The maximum Gasteiger partial charge on any atom is 0.416 e. The highest BCUT2D eigenvalue weighted by atomic mass is 19.4. The van der Waals surface area contributed by atoms with Crippen molar-refractivity contribution in [2.24, 2.45) is 5.92 Å². The minimum atomic E-state index is -4.52. The average Bonchev–Trinajstić information content (AvgIpc) is 2.22. The number of ether oxygens (including phenoxy) is 1. The van der Waals surface area contributed by atoms with E-state index in [1.165, 1.54) is 0 Å². The van der Waals surface area contributed by atoms with Gasteiger partial charge in [-0.05, 0) is 12.1 Å². The quantitative estimate of drug-likeness (QED) is 0.843. The summed E-state index contributed by atoms with van der Waals surface area (Å²) in [7, 11) is 0. The predicted molar refractivity (Wildman–Crippen MR) is 57.4 cm³/mol. The van der Waals surface area contributed by atoms with Crippen LogP contribution < -0.4 is 5.32 Å². The average molecular weight is 263 g/mol. The van der Waals surface area contributed by atoms with Crippen LogP contribution in [0.3, 0.4) is 0 Å². The molecule has 1 heterocycles. The standard InChI is InChI=1S/C12H13F4NO/c13-11-3-10(12(14,15)16)2-1-9(11)7-18-6-8-4-17-5-8/h1-3,8,17H,4-7H2. The van der Waals surface area contributed by atoms with Gasteiger partial charge in [0, 0.05) is 24.6 Å². The summed E-state index contributed by atoms with van der Waals surface area (Å²) >= 11 is 0. The van der Waals surface area contributed by atoms with E-state index in [2.05, 4.69) is 5.32 Å². The van der Waals surface area contributed by atoms with Gasteiger partial charge in [0.25, 0.3) is 0 Å². The van der Waals surface area contributed by atoms with Crippen molar-refractivity contribution < 1.29 is 22.3 Å². The van der Waals surface area contributed by atoms with Crippen LogP contribution in [-0.4, -0.2) is 19.7 Å². The minimum absolute atomic E-state index is 0.000467. The Morgan fingerprint density at radius 2 is 2.00 bits per heavy atom. The monoisotopic (exact) mass is 263 g/mol. The Balaban J connectivity index is 1.92. The Hall–Kier alpha value is -1.14. The first-order valence-corrected chi connectivity index (χ1v) is 5.61. The maximum atomic E-state index is 13.4. The largest absolute Gasteiger partial charge is 0.416 e. The molecule has 0 aromatic heterocycles. The number of hydrogen-bond donors (Lipinski definition) is 1. The van der Waals surface area contributed by atoms with Gasteiger partial charge in [0.2, 0.25) is 0 Å². The van der Waals surface area contributed by atoms with Crippen LogP contribution in [0.15, 0.2) is 18.2 Å². The van der Waals surface area contributed by atoms with E-state index in [1.54, 1.807) is 0 Å². The molecule has 1 saturated heterocycles. The molecule has 1 aliphatic heterocycles. The molecule has 0 aliphatic carbocycles. The second-order valence-electron chi connectivity index (χ2n) is 4.34. The van der Waals surface area contributed by atoms with Crippen molar-refractivity contribution in [2.45, 2.75) is 12.8 Å². The zero-order valence-electron chi connectivity index (χ0n) is 9.56. The molecule has 100 valence electrons. The van der Waals surface area contributed by atoms with Crippen molar-refractivity contribution in [1.82, 2.24) is 5.32 Å². The Kier molecular flexibility index (Phi) is 3.87. The molecule has 0 spiro atoms. The van der Waals surface area contributed by atoms with Crippen LogP contribution in [0.2, 0.25) is 0 Å². The van der Waals surface area contributed by atoms with Gasteiger partial charge < -0.3 is 10.1 Å². The number of halogens is 4. The second kappa shape index (κ2) is 5.24. The summed E-state index contributed by atoms with van der Waals surface area (Å²) in [6.07, 6.45) is -4.52. The molecule has 0 radical (unpaired) electrons. The third-order valence-electron chi connectivity index (χ3n) is 2.86. The Morgan fingerprint density at radius 3 is 2.50 bits per heavy atom. The van der Waals surface area contributed by atoms with E-state index in [0.29, 0.717) is 18.6 Å². The van der Waals surface area contributed by atoms with Gasteiger partial charge in [0.1, 0.15) is 5.82 Å². The van der Waals surface area contributed by atoms with Gasteiger partial charge in [0.15, 0.2) is 0 Å². The van der Waals surface area contributed by atoms with Crippen molar-refractivity contribution in [3.8, 4) is 0 Å². The topological polar surface area (TPSA) is 21.3 Å². The fourth-order valence-corrected chi connectivity index (χ4v) is 1.64. The fourth-order valence-electron chi connectivity index (χ4n) is 1.64. The summed E-state index contributed by atoms with van der Waals surface area (Å²) in [6.45, 7) is 2.24. The highest BCUT2D eigenvalue weighted by Crippen LogP contribution is 2.30. The SMILES string of the molecule is Fc1cc(C(F)(F)F)ccc1COCC1CNC1. The first-order valence-electron chi connectivity index (χ1n) is 5.61. The van der Waals surface area contributed by atoms with Crippen LogP contribution in [0.5, 0.6) is 0 Å². The molecule has 6 heteroatoms. The van der Waals surface area contributed by atoms with Gasteiger partial charge >= 0.3 is 6.18 Å². The van der Waals surface area contributed by atoms with Crippen molar-refractivity contribution >= 4 is 0 Å². The molecule has 1 aromatic rings. The molecule has 18 heavy (non-hydrogen) atoms. The lowest BCUT2D eigenvalue weighted by molar-refractivity contribution is -0.137. The van der Waals surface area contributed by atoms with Crippen LogP contribution in [0, 0.1) is 11.7 Å². The normalized spacial score (nSPS) is 16.7. The molecule has 0 saturated carbocycles. The second-order valence-corrected chi connectivity index (χ2v) is 4.34. The van der Waals surface area contributed by atoms with E-state index >= 15 is 0 Å². The van der Waals surface area contributed by atoms with E-state index in [4.69, 9.17) is 4.74 Å². The lowest BCUT2D eigenvalue weighted by Crippen LogP contribution is -2.44. The Morgan fingerprint density at radius 1 is 1.28 bits per heavy atom. The van der Waals surface area contributed by atoms with Crippen LogP contribution in [0.1, 0.15) is 11.1 Å². The number of nitrogens with one attached hydrogen (secondary N) is 1. The maximum absolute atomic E-state index is 13.4. The predicted octanol–water partition coefficient (Wildman–Crippen LogP) is 2.58. The third kappa shape index (κ3) is 3.20. The van der Waals surface area contributed by atoms with E-state index in [1.807, 2.05) is 0 Å². The molecule has 2 rings (SSSR count). The molecule has 0 unspecified atom stereocenters. The van der Waals surface area contributed by atoms with Crippen molar-refractivity contribution in [1.29, 1.82) is 0 Å². The summed E-state index contributed by atoms with van der Waals surface area (Å²) in [6, 6.07) is 2.49. The highest BCUT2D eigenvalue weighted by Gasteiger charge is 2.31. The zero-order valence-corrected chi connectivity index (χ0v) is 9.56. The summed E-state index contributed by atoms with van der Waals surface area (Å²) in [5.74, 6) is -0.459. The van der Waals surface area contributed by atoms with Gasteiger partial charge in [-0.3, -0.25) is 0 Å². The van der Waals surface area contributed by atoms with Gasteiger partial charge in [0.05, 0.1) is 18.8 Å². The molecule has 1 fully saturated rings. The smallest absolute Gasteiger partial charge is 0.376 e. The highest BCUT2D eigenvalue weighted by molar-refractivity contribution is 5.25. The summed E-state index contributed by atoms with van der Waals surface area (Å²) < 4.78 is 55.6. The van der Waals surface area contributed by atoms with Crippen molar-refractivity contribution in [3.63, 3.8) is 0 Å². The third-order valence-corrected chi connectivity index (χ3v) is 2.86. The summed E-state index contributed by atoms with van der Waals surface area (Å²) in [5.41, 5.74) is -0.831. The zero-order chi connectivity index (χ0) is 13.2. The van der Waals surface area contributed by atoms with Gasteiger partial charge in [-0.15, -0.1) is 0 Å². The van der Waals surface area contributed by atoms with Gasteiger partial charge in [-0.1, -0.05) is 6.07 Å². The number of alkyl halides is 3. The van der Waals surface area contributed by atoms with Crippen LogP contribution in [0.4, 0.5) is 17.6 Å². The Labute approximate surface area is 102 Å². The van der Waals surface area contributed by atoms with Gasteiger partial charge in [-0.2, -0.15) is 13.2 Å². The fraction of sp³-hybridized carbons (Fsp3) is 0.500. The number of benzene rings is 1. The van der Waals surface area contributed by atoms with Crippen molar-refractivity contribution in [3.05, 3.63) is 35.1 Å². The van der Waals surface area contributed by atoms with Crippen molar-refractivity contribution in [2.75, 3.05) is 19.7 Å². The molecule has 1 aliphatic rings. The van der Waals surface area contributed by atoms with Crippen LogP contribution >= 0.6 is 0 Å². The molecular formula is C12H13F4NO. The van der Waals surface area contributed by atoms with E-state index in [0.717, 1.165) is 25.2 Å². The summed E-state index contributed by atoms with van der Waals surface area (Å²) in [4.78, 5) is 0. The van der Waals surface area contributed by atoms with E-state index in [-0.39, 0.29) is 12.2 Å². The summed E-state index contributed by atoms with van der Waals surface area (Å²) in [5, 5.41) is 3.07. The number of rotatable bonds is 4. The lowest BCUT2D eigenvalue weighted by atomic mass is 10.1. The molecular weight excluding hydrogens is 250 g/mol. The first-order chi connectivity index (χ1) is 8.47.